The molecule has 0 saturated carbocycles. The summed E-state index contributed by atoms with van der Waals surface area (Å²) in [6, 6.07) is 14.6. The van der Waals surface area contributed by atoms with E-state index in [0.29, 0.717) is 23.8 Å². The lowest BCUT2D eigenvalue weighted by atomic mass is 10.1. The second kappa shape index (κ2) is 8.62. The Morgan fingerprint density at radius 3 is 2.77 bits per heavy atom. The molecular weight excluding hydrogens is 380 g/mol. The van der Waals surface area contributed by atoms with E-state index in [1.54, 1.807) is 48.5 Å². The number of hydrogen-bond donors (Lipinski definition) is 2. The normalized spacial score (nSPS) is 11.8. The topological polar surface area (TPSA) is 106 Å². The summed E-state index contributed by atoms with van der Waals surface area (Å²) in [7, 11) is 0. The maximum Gasteiger partial charge on any atom is 0.274 e. The van der Waals surface area contributed by atoms with Gasteiger partial charge in [0.25, 0.3) is 5.91 Å². The zero-order chi connectivity index (χ0) is 20.9. The van der Waals surface area contributed by atoms with E-state index in [9.17, 15) is 9.90 Å². The molecule has 1 amide bonds. The van der Waals surface area contributed by atoms with Crippen LogP contribution in [0.4, 0.5) is 5.69 Å². The van der Waals surface area contributed by atoms with E-state index in [0.717, 1.165) is 16.7 Å². The fourth-order valence-electron chi connectivity index (χ4n) is 3.10. The number of nitrogens with zero attached hydrogens (tertiary/aromatic N) is 5. The lowest BCUT2D eigenvalue weighted by Gasteiger charge is -2.10. The van der Waals surface area contributed by atoms with Gasteiger partial charge in [0.2, 0.25) is 0 Å². The van der Waals surface area contributed by atoms with E-state index in [2.05, 4.69) is 25.5 Å². The molecule has 0 spiro atoms. The molecule has 0 fully saturated rings. The molecule has 0 radical (unpaired) electrons. The summed E-state index contributed by atoms with van der Waals surface area (Å²) >= 11 is 0. The van der Waals surface area contributed by atoms with Gasteiger partial charge in [0.05, 0.1) is 12.6 Å². The summed E-state index contributed by atoms with van der Waals surface area (Å²) in [6.45, 7) is 2.08. The fourth-order valence-corrected chi connectivity index (χ4v) is 3.10. The molecule has 0 aliphatic rings. The minimum atomic E-state index is -0.527. The van der Waals surface area contributed by atoms with Gasteiger partial charge in [-0.15, -0.1) is 10.2 Å². The van der Waals surface area contributed by atoms with Crippen LogP contribution in [0, 0.1) is 0 Å². The van der Waals surface area contributed by atoms with Gasteiger partial charge in [-0.05, 0) is 42.8 Å². The van der Waals surface area contributed by atoms with Gasteiger partial charge in [-0.2, -0.15) is 0 Å². The minimum absolute atomic E-state index is 0.305. The number of carbonyl (C=O) groups is 1. The highest BCUT2D eigenvalue weighted by molar-refractivity contribution is 6.03. The molecule has 4 rings (SSSR count). The molecule has 4 aromatic rings. The average molecular weight is 400 g/mol. The number of anilines is 1. The lowest BCUT2D eigenvalue weighted by Crippen LogP contribution is -2.14. The Labute approximate surface area is 173 Å². The van der Waals surface area contributed by atoms with Gasteiger partial charge in [0.1, 0.15) is 12.0 Å². The molecular formula is C22H20N6O2. The van der Waals surface area contributed by atoms with Crippen LogP contribution in [0.3, 0.4) is 0 Å². The van der Waals surface area contributed by atoms with Crippen LogP contribution in [0.5, 0.6) is 0 Å². The van der Waals surface area contributed by atoms with E-state index in [-0.39, 0.29) is 5.91 Å². The molecule has 0 aliphatic heterocycles. The Kier molecular flexibility index (Phi) is 5.58. The SMILES string of the molecule is C[C@@H](O)Cn1cnnc1-c1cccc(NC(=O)c2cc(-c3cccnc3)ccn2)c1. The third-order valence-electron chi connectivity index (χ3n) is 4.44. The quantitative estimate of drug-likeness (QED) is 0.515. The highest BCUT2D eigenvalue weighted by Gasteiger charge is 2.13. The van der Waals surface area contributed by atoms with Crippen molar-refractivity contribution in [2.45, 2.75) is 19.6 Å². The Balaban J connectivity index is 1.55. The first-order valence-electron chi connectivity index (χ1n) is 9.44. The van der Waals surface area contributed by atoms with E-state index in [1.165, 1.54) is 0 Å². The van der Waals surface area contributed by atoms with Crippen molar-refractivity contribution in [2.75, 3.05) is 5.32 Å². The molecule has 150 valence electrons. The van der Waals surface area contributed by atoms with E-state index >= 15 is 0 Å². The number of hydrogen-bond acceptors (Lipinski definition) is 6. The molecule has 3 heterocycles. The van der Waals surface area contributed by atoms with Gasteiger partial charge in [0, 0.05) is 35.4 Å². The van der Waals surface area contributed by atoms with Crippen molar-refractivity contribution in [3.05, 3.63) is 79.1 Å². The van der Waals surface area contributed by atoms with Crippen LogP contribution in [-0.4, -0.2) is 41.9 Å². The van der Waals surface area contributed by atoms with E-state index < -0.39 is 6.10 Å². The van der Waals surface area contributed by atoms with Crippen LogP contribution in [0.25, 0.3) is 22.5 Å². The van der Waals surface area contributed by atoms with Crippen molar-refractivity contribution in [3.8, 4) is 22.5 Å². The monoisotopic (exact) mass is 400 g/mol. The van der Waals surface area contributed by atoms with Crippen molar-refractivity contribution in [1.29, 1.82) is 0 Å². The molecule has 30 heavy (non-hydrogen) atoms. The zero-order valence-electron chi connectivity index (χ0n) is 16.3. The van der Waals surface area contributed by atoms with Crippen molar-refractivity contribution in [3.63, 3.8) is 0 Å². The van der Waals surface area contributed by atoms with Gasteiger partial charge in [0.15, 0.2) is 5.82 Å². The number of amides is 1. The van der Waals surface area contributed by atoms with Crippen LogP contribution >= 0.6 is 0 Å². The second-order valence-corrected chi connectivity index (χ2v) is 6.86. The summed E-state index contributed by atoms with van der Waals surface area (Å²) in [5.74, 6) is 0.298. The molecule has 0 aliphatic carbocycles. The van der Waals surface area contributed by atoms with Crippen molar-refractivity contribution >= 4 is 11.6 Å². The predicted octanol–water partition coefficient (Wildman–Crippen LogP) is 3.04. The number of aliphatic hydroxyl groups is 1. The molecule has 2 N–H and O–H groups in total. The number of nitrogens with one attached hydrogen (secondary N) is 1. The average Bonchev–Trinajstić information content (AvgIpc) is 3.22. The highest BCUT2D eigenvalue weighted by atomic mass is 16.3. The molecule has 8 heteroatoms. The van der Waals surface area contributed by atoms with Crippen molar-refractivity contribution in [2.24, 2.45) is 0 Å². The molecule has 8 nitrogen and oxygen atoms in total. The number of aromatic nitrogens is 5. The highest BCUT2D eigenvalue weighted by Crippen LogP contribution is 2.22. The molecule has 3 aromatic heterocycles. The zero-order valence-corrected chi connectivity index (χ0v) is 16.3. The third-order valence-corrected chi connectivity index (χ3v) is 4.44. The maximum absolute atomic E-state index is 12.8. The number of carbonyl (C=O) groups excluding carboxylic acids is 1. The fraction of sp³-hybridized carbons (Fsp3) is 0.136. The van der Waals surface area contributed by atoms with Gasteiger partial charge in [-0.3, -0.25) is 14.8 Å². The Morgan fingerprint density at radius 2 is 1.97 bits per heavy atom. The molecule has 0 unspecified atom stereocenters. The van der Waals surface area contributed by atoms with E-state index in [4.69, 9.17) is 0 Å². The van der Waals surface area contributed by atoms with Crippen LogP contribution in [0.2, 0.25) is 0 Å². The molecule has 0 bridgehead atoms. The number of rotatable bonds is 6. The molecule has 1 aromatic carbocycles. The van der Waals surface area contributed by atoms with Crippen LogP contribution < -0.4 is 5.32 Å². The van der Waals surface area contributed by atoms with Crippen LogP contribution in [-0.2, 0) is 6.54 Å². The lowest BCUT2D eigenvalue weighted by molar-refractivity contribution is 0.102. The molecule has 0 saturated heterocycles. The number of pyridine rings is 2. The van der Waals surface area contributed by atoms with E-state index in [1.807, 2.05) is 36.4 Å². The van der Waals surface area contributed by atoms with Gasteiger partial charge in [-0.25, -0.2) is 0 Å². The van der Waals surface area contributed by atoms with Gasteiger partial charge in [-0.1, -0.05) is 18.2 Å². The van der Waals surface area contributed by atoms with Gasteiger partial charge >= 0.3 is 0 Å². The first kappa shape index (κ1) is 19.4. The number of aliphatic hydroxyl groups excluding tert-OH is 1. The van der Waals surface area contributed by atoms with Crippen molar-refractivity contribution in [1.82, 2.24) is 24.7 Å². The molecule has 1 atom stereocenters. The summed E-state index contributed by atoms with van der Waals surface area (Å²) in [6.07, 6.45) is 6.09. The minimum Gasteiger partial charge on any atom is -0.392 e. The Bertz CT molecular complexity index is 1160. The Hall–Kier alpha value is -3.91. The summed E-state index contributed by atoms with van der Waals surface area (Å²) in [4.78, 5) is 21.1. The van der Waals surface area contributed by atoms with Gasteiger partial charge < -0.3 is 15.0 Å². The first-order valence-corrected chi connectivity index (χ1v) is 9.44. The standard InChI is InChI=1S/C22H20N6O2/c1-15(29)13-28-14-25-27-21(28)17-4-2-6-19(10-17)26-22(30)20-11-16(7-9-24-20)18-5-3-8-23-12-18/h2-12,14-15,29H,13H2,1H3,(H,26,30)/t15-/m1/s1. The largest absolute Gasteiger partial charge is 0.392 e. The summed E-state index contributed by atoms with van der Waals surface area (Å²) in [5.41, 5.74) is 3.47. The van der Waals surface area contributed by atoms with Crippen molar-refractivity contribution < 1.29 is 9.90 Å². The smallest absolute Gasteiger partial charge is 0.274 e. The third kappa shape index (κ3) is 4.39. The number of benzene rings is 1. The maximum atomic E-state index is 12.8. The first-order chi connectivity index (χ1) is 14.6. The second-order valence-electron chi connectivity index (χ2n) is 6.86. The summed E-state index contributed by atoms with van der Waals surface area (Å²) < 4.78 is 1.77. The summed E-state index contributed by atoms with van der Waals surface area (Å²) in [5, 5.41) is 20.6. The van der Waals surface area contributed by atoms with Crippen LogP contribution in [0.1, 0.15) is 17.4 Å². The Morgan fingerprint density at radius 1 is 1.10 bits per heavy atom. The predicted molar refractivity (Wildman–Crippen MR) is 113 cm³/mol. The van der Waals surface area contributed by atoms with Crippen LogP contribution in [0.15, 0.2) is 73.4 Å².